The molecule has 39 heavy (non-hydrogen) atoms. The predicted molar refractivity (Wildman–Crippen MR) is 154 cm³/mol. The highest BCUT2D eigenvalue weighted by Gasteiger charge is 2.31. The third kappa shape index (κ3) is 5.65. The average molecular weight is 521 g/mol. The van der Waals surface area contributed by atoms with Gasteiger partial charge in [0.2, 0.25) is 0 Å². The Balaban J connectivity index is 1.10. The van der Waals surface area contributed by atoms with Gasteiger partial charge in [0.15, 0.2) is 5.65 Å². The Morgan fingerprint density at radius 3 is 2.44 bits per heavy atom. The molecule has 1 aromatic carbocycles. The number of aromatic amines is 1. The highest BCUT2D eigenvalue weighted by molar-refractivity contribution is 5.80. The van der Waals surface area contributed by atoms with Crippen molar-refractivity contribution in [3.05, 3.63) is 78.3 Å². The van der Waals surface area contributed by atoms with Crippen LogP contribution in [0, 0.1) is 11.8 Å². The van der Waals surface area contributed by atoms with Gasteiger partial charge in [-0.25, -0.2) is 9.97 Å². The van der Waals surface area contributed by atoms with E-state index in [4.69, 9.17) is 15.1 Å². The van der Waals surface area contributed by atoms with Crippen molar-refractivity contribution in [2.45, 2.75) is 70.1 Å². The Morgan fingerprint density at radius 1 is 0.974 bits per heavy atom. The molecule has 2 aliphatic rings. The second-order valence-electron chi connectivity index (χ2n) is 11.8. The lowest BCUT2D eigenvalue weighted by Crippen LogP contribution is -2.26. The number of H-pyrrole nitrogens is 1. The quantitative estimate of drug-likeness (QED) is 0.243. The van der Waals surface area contributed by atoms with Crippen LogP contribution in [-0.2, 0) is 10.2 Å². The molecule has 4 aromatic rings. The van der Waals surface area contributed by atoms with Crippen LogP contribution in [0.25, 0.3) is 33.7 Å². The van der Waals surface area contributed by atoms with Gasteiger partial charge in [-0.1, -0.05) is 48.9 Å². The summed E-state index contributed by atoms with van der Waals surface area (Å²) < 4.78 is 0. The van der Waals surface area contributed by atoms with Gasteiger partial charge in [0.25, 0.3) is 0 Å². The molecule has 0 spiro atoms. The van der Waals surface area contributed by atoms with Crippen LogP contribution >= 0.6 is 0 Å². The Kier molecular flexibility index (Phi) is 7.03. The van der Waals surface area contributed by atoms with Crippen LogP contribution in [0.1, 0.15) is 70.4 Å². The number of carboxylic acids is 1. The second-order valence-corrected chi connectivity index (χ2v) is 11.8. The minimum Gasteiger partial charge on any atom is -0.481 e. The molecule has 0 aliphatic heterocycles. The molecular formula is C33H36N4O2. The Hall–Kier alpha value is -3.80. The maximum Gasteiger partial charge on any atom is 0.303 e. The van der Waals surface area contributed by atoms with Gasteiger partial charge in [-0.2, -0.15) is 0 Å². The molecule has 6 rings (SSSR count). The summed E-state index contributed by atoms with van der Waals surface area (Å²) in [6, 6.07) is 16.6. The molecule has 1 fully saturated rings. The monoisotopic (exact) mass is 520 g/mol. The summed E-state index contributed by atoms with van der Waals surface area (Å²) in [5.41, 5.74) is 7.55. The van der Waals surface area contributed by atoms with Crippen molar-refractivity contribution >= 4 is 17.1 Å². The van der Waals surface area contributed by atoms with Gasteiger partial charge >= 0.3 is 5.97 Å². The van der Waals surface area contributed by atoms with Gasteiger partial charge in [-0.15, -0.1) is 0 Å². The summed E-state index contributed by atoms with van der Waals surface area (Å²) in [4.78, 5) is 28.6. The number of benzene rings is 1. The van der Waals surface area contributed by atoms with Crippen LogP contribution in [0.4, 0.5) is 0 Å². The van der Waals surface area contributed by atoms with E-state index in [2.05, 4.69) is 53.3 Å². The van der Waals surface area contributed by atoms with Gasteiger partial charge in [0.1, 0.15) is 5.82 Å². The lowest BCUT2D eigenvalue weighted by atomic mass is 9.71. The summed E-state index contributed by atoms with van der Waals surface area (Å²) in [5.74, 6) is 1.22. The van der Waals surface area contributed by atoms with E-state index in [0.717, 1.165) is 65.8 Å². The topological polar surface area (TPSA) is 91.8 Å². The normalized spacial score (nSPS) is 23.5. The highest BCUT2D eigenvalue weighted by Crippen LogP contribution is 2.41. The molecule has 1 atom stereocenters. The van der Waals surface area contributed by atoms with Crippen molar-refractivity contribution < 1.29 is 9.90 Å². The summed E-state index contributed by atoms with van der Waals surface area (Å²) in [6.07, 6.45) is 15.5. The standard InChI is InChI=1S/C33H36N4O2/c1-33(15-13-24(14-16-33)17-22-7-9-23(10-8-22)18-30(38)39)29-12-11-26(20-34-29)31-36-28-19-27(21-35-32(28)37-31)25-5-3-2-4-6-25/h2-6,11-13,19-23H,7-10,14-18H2,1H3,(H,38,39)(H,35,36,37). The number of hydrogen-bond donors (Lipinski definition) is 2. The predicted octanol–water partition coefficient (Wildman–Crippen LogP) is 7.73. The largest absolute Gasteiger partial charge is 0.481 e. The Bertz CT molecular complexity index is 1480. The van der Waals surface area contributed by atoms with Crippen LogP contribution in [0.2, 0.25) is 0 Å². The number of pyridine rings is 2. The number of fused-ring (bicyclic) bond motifs is 1. The number of allylic oxidation sites excluding steroid dienone is 2. The molecule has 1 unspecified atom stereocenters. The molecule has 3 aromatic heterocycles. The molecule has 0 radical (unpaired) electrons. The van der Waals surface area contributed by atoms with Crippen LogP contribution in [0.15, 0.2) is 72.6 Å². The number of rotatable bonds is 7. The van der Waals surface area contributed by atoms with Crippen LogP contribution in [0.3, 0.4) is 0 Å². The van der Waals surface area contributed by atoms with E-state index in [-0.39, 0.29) is 5.41 Å². The van der Waals surface area contributed by atoms with E-state index < -0.39 is 5.97 Å². The molecule has 6 heteroatoms. The smallest absolute Gasteiger partial charge is 0.303 e. The number of nitrogens with zero attached hydrogens (tertiary/aromatic N) is 3. The van der Waals surface area contributed by atoms with E-state index in [9.17, 15) is 4.79 Å². The van der Waals surface area contributed by atoms with E-state index in [1.54, 1.807) is 5.57 Å². The van der Waals surface area contributed by atoms with E-state index in [1.165, 1.54) is 19.3 Å². The van der Waals surface area contributed by atoms with Crippen molar-refractivity contribution in [2.75, 3.05) is 0 Å². The summed E-state index contributed by atoms with van der Waals surface area (Å²) in [5, 5.41) is 9.06. The first-order valence-corrected chi connectivity index (χ1v) is 14.2. The van der Waals surface area contributed by atoms with Crippen LogP contribution in [-0.4, -0.2) is 31.0 Å². The molecule has 200 valence electrons. The molecule has 2 N–H and O–H groups in total. The van der Waals surface area contributed by atoms with Gasteiger partial charge < -0.3 is 10.1 Å². The van der Waals surface area contributed by atoms with Crippen molar-refractivity contribution in [1.29, 1.82) is 0 Å². The third-order valence-corrected chi connectivity index (χ3v) is 8.92. The van der Waals surface area contributed by atoms with Gasteiger partial charge in [0, 0.05) is 41.1 Å². The second kappa shape index (κ2) is 10.8. The van der Waals surface area contributed by atoms with Crippen molar-refractivity contribution in [3.8, 4) is 22.5 Å². The SMILES string of the molecule is CC1(c2ccc(-c3nc4ncc(-c5ccccc5)cc4[nH]3)cn2)CC=C(CC2CCC(CC(=O)O)CC2)CC1. The first-order chi connectivity index (χ1) is 18.9. The van der Waals surface area contributed by atoms with Gasteiger partial charge in [-0.3, -0.25) is 9.78 Å². The van der Waals surface area contributed by atoms with Gasteiger partial charge in [0.05, 0.1) is 5.52 Å². The zero-order valence-corrected chi connectivity index (χ0v) is 22.6. The fourth-order valence-corrected chi connectivity index (χ4v) is 6.40. The maximum absolute atomic E-state index is 11.0. The highest BCUT2D eigenvalue weighted by atomic mass is 16.4. The fraction of sp³-hybridized carbons (Fsp3) is 0.394. The van der Waals surface area contributed by atoms with E-state index >= 15 is 0 Å². The number of aromatic nitrogens is 4. The first-order valence-electron chi connectivity index (χ1n) is 14.2. The Labute approximate surface area is 229 Å². The fourth-order valence-electron chi connectivity index (χ4n) is 6.40. The van der Waals surface area contributed by atoms with Crippen molar-refractivity contribution in [3.63, 3.8) is 0 Å². The molecule has 2 aliphatic carbocycles. The molecule has 0 amide bonds. The molecule has 1 saturated carbocycles. The zero-order chi connectivity index (χ0) is 26.8. The van der Waals surface area contributed by atoms with Gasteiger partial charge in [-0.05, 0) is 87.0 Å². The number of nitrogens with one attached hydrogen (secondary N) is 1. The first kappa shape index (κ1) is 25.5. The van der Waals surface area contributed by atoms with E-state index in [1.807, 2.05) is 30.6 Å². The van der Waals surface area contributed by atoms with Crippen LogP contribution in [0.5, 0.6) is 0 Å². The molecular weight excluding hydrogens is 484 g/mol. The summed E-state index contributed by atoms with van der Waals surface area (Å²) >= 11 is 0. The van der Waals surface area contributed by atoms with Crippen molar-refractivity contribution in [1.82, 2.24) is 19.9 Å². The molecule has 6 nitrogen and oxygen atoms in total. The summed E-state index contributed by atoms with van der Waals surface area (Å²) in [7, 11) is 0. The number of carbonyl (C=O) groups is 1. The van der Waals surface area contributed by atoms with Crippen LogP contribution < -0.4 is 0 Å². The zero-order valence-electron chi connectivity index (χ0n) is 22.6. The average Bonchev–Trinajstić information content (AvgIpc) is 3.39. The minimum atomic E-state index is -0.651. The minimum absolute atomic E-state index is 0.0429. The maximum atomic E-state index is 11.0. The van der Waals surface area contributed by atoms with E-state index in [0.29, 0.717) is 23.9 Å². The van der Waals surface area contributed by atoms with Crippen molar-refractivity contribution in [2.24, 2.45) is 11.8 Å². The molecule has 3 heterocycles. The number of carboxylic acid groups (broad SMARTS) is 1. The lowest BCUT2D eigenvalue weighted by molar-refractivity contribution is -0.138. The lowest BCUT2D eigenvalue weighted by Gasteiger charge is -2.34. The third-order valence-electron chi connectivity index (χ3n) is 8.92. The molecule has 0 bridgehead atoms. The Morgan fingerprint density at radius 2 is 1.74 bits per heavy atom. The number of aliphatic carboxylic acids is 1. The summed E-state index contributed by atoms with van der Waals surface area (Å²) in [6.45, 7) is 2.33. The number of hydrogen-bond acceptors (Lipinski definition) is 4. The number of imidazole rings is 1. The molecule has 0 saturated heterocycles.